The lowest BCUT2D eigenvalue weighted by Crippen LogP contribution is -2.15. The van der Waals surface area contributed by atoms with E-state index in [1.807, 2.05) is 0 Å². The highest BCUT2D eigenvalue weighted by atomic mass is 16.5. The van der Waals surface area contributed by atoms with Crippen LogP contribution in [0.1, 0.15) is 26.7 Å². The number of nitrogens with one attached hydrogen (secondary N) is 1. The second kappa shape index (κ2) is 7.80. The molecule has 0 heterocycles. The van der Waals surface area contributed by atoms with Crippen LogP contribution in [-0.4, -0.2) is 25.7 Å². The van der Waals surface area contributed by atoms with Crippen molar-refractivity contribution in [3.8, 4) is 0 Å². The lowest BCUT2D eigenvalue weighted by atomic mass is 10.1. The Kier molecular flexibility index (Phi) is 7.30. The summed E-state index contributed by atoms with van der Waals surface area (Å²) in [5.74, 6) is -0.265. The van der Waals surface area contributed by atoms with Crippen molar-refractivity contribution in [1.29, 1.82) is 0 Å². The third-order valence-electron chi connectivity index (χ3n) is 1.65. The van der Waals surface area contributed by atoms with Crippen LogP contribution < -0.4 is 5.32 Å². The molecule has 0 saturated heterocycles. The molecule has 76 valence electrons. The minimum Gasteiger partial charge on any atom is -0.463 e. The number of carbonyl (C=O) groups is 1. The minimum absolute atomic E-state index is 0.265. The van der Waals surface area contributed by atoms with Gasteiger partial charge in [-0.25, -0.2) is 4.79 Å². The van der Waals surface area contributed by atoms with E-state index in [0.717, 1.165) is 19.5 Å². The van der Waals surface area contributed by atoms with Crippen molar-refractivity contribution in [2.75, 3.05) is 19.7 Å². The first-order chi connectivity index (χ1) is 6.22. The van der Waals surface area contributed by atoms with Gasteiger partial charge in [0.05, 0.1) is 6.61 Å². The van der Waals surface area contributed by atoms with E-state index in [4.69, 9.17) is 4.74 Å². The predicted molar refractivity (Wildman–Crippen MR) is 53.6 cm³/mol. The van der Waals surface area contributed by atoms with Crippen LogP contribution in [0.3, 0.4) is 0 Å². The van der Waals surface area contributed by atoms with Gasteiger partial charge in [-0.15, -0.1) is 0 Å². The molecule has 0 aromatic heterocycles. The maximum Gasteiger partial charge on any atom is 0.333 e. The molecule has 0 saturated carbocycles. The van der Waals surface area contributed by atoms with Gasteiger partial charge in [0.1, 0.15) is 0 Å². The van der Waals surface area contributed by atoms with Crippen LogP contribution in [0.5, 0.6) is 0 Å². The summed E-state index contributed by atoms with van der Waals surface area (Å²) in [6.45, 7) is 9.83. The zero-order valence-electron chi connectivity index (χ0n) is 8.56. The first-order valence-electron chi connectivity index (χ1n) is 4.78. The molecular weight excluding hydrogens is 166 g/mol. The highest BCUT2D eigenvalue weighted by Crippen LogP contribution is 2.03. The van der Waals surface area contributed by atoms with Crippen molar-refractivity contribution in [3.63, 3.8) is 0 Å². The number of hydrogen-bond acceptors (Lipinski definition) is 3. The fourth-order valence-corrected chi connectivity index (χ4v) is 0.939. The number of hydrogen-bond donors (Lipinski definition) is 1. The number of carbonyl (C=O) groups excluding carboxylic acids is 1. The summed E-state index contributed by atoms with van der Waals surface area (Å²) in [6.07, 6.45) is 1.65. The van der Waals surface area contributed by atoms with Crippen LogP contribution in [0.25, 0.3) is 0 Å². The Morgan fingerprint density at radius 3 is 2.69 bits per heavy atom. The van der Waals surface area contributed by atoms with E-state index in [1.54, 1.807) is 6.92 Å². The maximum absolute atomic E-state index is 11.1. The highest BCUT2D eigenvalue weighted by molar-refractivity contribution is 5.87. The summed E-state index contributed by atoms with van der Waals surface area (Å²) < 4.78 is 4.80. The largest absolute Gasteiger partial charge is 0.463 e. The smallest absolute Gasteiger partial charge is 0.333 e. The molecule has 0 spiro atoms. The average molecular weight is 185 g/mol. The van der Waals surface area contributed by atoms with Gasteiger partial charge in [0, 0.05) is 5.57 Å². The van der Waals surface area contributed by atoms with E-state index in [0.29, 0.717) is 18.6 Å². The topological polar surface area (TPSA) is 38.3 Å². The third-order valence-corrected chi connectivity index (χ3v) is 1.65. The molecule has 0 radical (unpaired) electrons. The zero-order valence-corrected chi connectivity index (χ0v) is 8.56. The Bertz CT molecular complexity index is 166. The van der Waals surface area contributed by atoms with E-state index in [-0.39, 0.29) is 5.97 Å². The van der Waals surface area contributed by atoms with Crippen molar-refractivity contribution in [1.82, 2.24) is 5.32 Å². The quantitative estimate of drug-likeness (QED) is 0.371. The highest BCUT2D eigenvalue weighted by Gasteiger charge is 2.05. The Labute approximate surface area is 80.2 Å². The van der Waals surface area contributed by atoms with Gasteiger partial charge in [-0.05, 0) is 32.9 Å². The molecule has 0 aliphatic carbocycles. The van der Waals surface area contributed by atoms with Crippen molar-refractivity contribution >= 4 is 5.97 Å². The molecule has 3 heteroatoms. The number of esters is 1. The van der Waals surface area contributed by atoms with Crippen molar-refractivity contribution in [3.05, 3.63) is 12.2 Å². The molecule has 0 amide bonds. The molecular formula is C10H19NO2. The van der Waals surface area contributed by atoms with Gasteiger partial charge < -0.3 is 10.1 Å². The molecule has 0 unspecified atom stereocenters. The van der Waals surface area contributed by atoms with E-state index in [1.165, 1.54) is 0 Å². The molecule has 0 aliphatic rings. The summed E-state index contributed by atoms with van der Waals surface area (Å²) in [5.41, 5.74) is 0.569. The maximum atomic E-state index is 11.1. The molecule has 3 nitrogen and oxygen atoms in total. The minimum atomic E-state index is -0.265. The lowest BCUT2D eigenvalue weighted by Gasteiger charge is -2.04. The number of rotatable bonds is 7. The zero-order chi connectivity index (χ0) is 10.1. The monoisotopic (exact) mass is 185 g/mol. The standard InChI is InChI=1S/C10H19NO2/c1-4-11-8-6-7-9(3)10(12)13-5-2/h11H,3-8H2,1-2H3. The Hall–Kier alpha value is -0.830. The van der Waals surface area contributed by atoms with Gasteiger partial charge in [-0.2, -0.15) is 0 Å². The fraction of sp³-hybridized carbons (Fsp3) is 0.700. The van der Waals surface area contributed by atoms with Gasteiger partial charge in [0.15, 0.2) is 0 Å². The summed E-state index contributed by atoms with van der Waals surface area (Å²) in [7, 11) is 0. The second-order valence-corrected chi connectivity index (χ2v) is 2.78. The van der Waals surface area contributed by atoms with Crippen molar-refractivity contribution < 1.29 is 9.53 Å². The van der Waals surface area contributed by atoms with Crippen LogP contribution in [-0.2, 0) is 9.53 Å². The van der Waals surface area contributed by atoms with Gasteiger partial charge >= 0.3 is 5.97 Å². The van der Waals surface area contributed by atoms with Gasteiger partial charge in [-0.1, -0.05) is 13.5 Å². The van der Waals surface area contributed by atoms with Gasteiger partial charge in [-0.3, -0.25) is 0 Å². The number of ether oxygens (including phenoxy) is 1. The SMILES string of the molecule is C=C(CCCNCC)C(=O)OCC. The van der Waals surface area contributed by atoms with E-state index in [2.05, 4.69) is 18.8 Å². The predicted octanol–water partition coefficient (Wildman–Crippen LogP) is 1.50. The molecule has 0 fully saturated rings. The summed E-state index contributed by atoms with van der Waals surface area (Å²) >= 11 is 0. The third kappa shape index (κ3) is 6.34. The molecule has 0 atom stereocenters. The summed E-state index contributed by atoms with van der Waals surface area (Å²) in [6, 6.07) is 0. The first-order valence-corrected chi connectivity index (χ1v) is 4.78. The van der Waals surface area contributed by atoms with Crippen LogP contribution in [0.15, 0.2) is 12.2 Å². The van der Waals surface area contributed by atoms with Crippen LogP contribution in [0.2, 0.25) is 0 Å². The molecule has 0 aromatic carbocycles. The Balaban J connectivity index is 3.44. The van der Waals surface area contributed by atoms with E-state index < -0.39 is 0 Å². The molecule has 13 heavy (non-hydrogen) atoms. The first kappa shape index (κ1) is 12.2. The van der Waals surface area contributed by atoms with E-state index >= 15 is 0 Å². The van der Waals surface area contributed by atoms with Crippen LogP contribution in [0, 0.1) is 0 Å². The Morgan fingerprint density at radius 1 is 1.46 bits per heavy atom. The van der Waals surface area contributed by atoms with E-state index in [9.17, 15) is 4.79 Å². The lowest BCUT2D eigenvalue weighted by molar-refractivity contribution is -0.138. The van der Waals surface area contributed by atoms with Crippen LogP contribution >= 0.6 is 0 Å². The Morgan fingerprint density at radius 2 is 2.15 bits per heavy atom. The van der Waals surface area contributed by atoms with Crippen molar-refractivity contribution in [2.24, 2.45) is 0 Å². The van der Waals surface area contributed by atoms with Gasteiger partial charge in [0.25, 0.3) is 0 Å². The molecule has 0 aromatic rings. The van der Waals surface area contributed by atoms with Crippen molar-refractivity contribution in [2.45, 2.75) is 26.7 Å². The molecule has 1 N–H and O–H groups in total. The van der Waals surface area contributed by atoms with Gasteiger partial charge in [0.2, 0.25) is 0 Å². The molecule has 0 rings (SSSR count). The fourth-order valence-electron chi connectivity index (χ4n) is 0.939. The summed E-state index contributed by atoms with van der Waals surface area (Å²) in [4.78, 5) is 11.1. The normalized spacial score (nSPS) is 9.69. The summed E-state index contributed by atoms with van der Waals surface area (Å²) in [5, 5.41) is 3.18. The van der Waals surface area contributed by atoms with Crippen LogP contribution in [0.4, 0.5) is 0 Å². The molecule has 0 bridgehead atoms. The average Bonchev–Trinajstić information content (AvgIpc) is 2.12. The molecule has 0 aliphatic heterocycles. The second-order valence-electron chi connectivity index (χ2n) is 2.78.